The summed E-state index contributed by atoms with van der Waals surface area (Å²) in [7, 11) is 3.26. The molecule has 46 heavy (non-hydrogen) atoms. The van der Waals surface area contributed by atoms with Crippen molar-refractivity contribution in [2.45, 2.75) is 83.7 Å². The minimum Gasteiger partial charge on any atom is -0.493 e. The van der Waals surface area contributed by atoms with Crippen molar-refractivity contribution < 1.29 is 23.9 Å². The summed E-state index contributed by atoms with van der Waals surface area (Å²) in [4.78, 5) is 48.9. The van der Waals surface area contributed by atoms with E-state index in [0.29, 0.717) is 75.0 Å². The molecule has 4 heterocycles. The first-order chi connectivity index (χ1) is 21.7. The van der Waals surface area contributed by atoms with Gasteiger partial charge in [0.25, 0.3) is 5.91 Å². The summed E-state index contributed by atoms with van der Waals surface area (Å²) in [5.41, 5.74) is 8.87. The summed E-state index contributed by atoms with van der Waals surface area (Å²) in [6.45, 7) is 6.66. The summed E-state index contributed by atoms with van der Waals surface area (Å²) in [5.74, 6) is 2.28. The highest BCUT2D eigenvalue weighted by atomic mass is 35.5. The van der Waals surface area contributed by atoms with Crippen LogP contribution in [0.2, 0.25) is 0 Å². The second kappa shape index (κ2) is 16.3. The molecule has 2 aromatic rings. The van der Waals surface area contributed by atoms with Gasteiger partial charge < -0.3 is 30.3 Å². The van der Waals surface area contributed by atoms with E-state index in [1.165, 1.54) is 11.3 Å². The number of likely N-dealkylation sites (tertiary alicyclic amines) is 1. The Morgan fingerprint density at radius 2 is 1.89 bits per heavy atom. The van der Waals surface area contributed by atoms with Crippen molar-refractivity contribution in [1.29, 1.82) is 0 Å². The first-order valence-corrected chi connectivity index (χ1v) is 17.3. The van der Waals surface area contributed by atoms with Gasteiger partial charge >= 0.3 is 0 Å². The lowest BCUT2D eigenvalue weighted by atomic mass is 9.77. The Bertz CT molecular complexity index is 1370. The number of rotatable bonds is 6. The van der Waals surface area contributed by atoms with Crippen molar-refractivity contribution in [1.82, 2.24) is 20.1 Å². The molecule has 0 spiro atoms. The lowest BCUT2D eigenvalue weighted by molar-refractivity contribution is -0.140. The van der Waals surface area contributed by atoms with E-state index in [2.05, 4.69) is 35.1 Å². The molecule has 0 saturated carbocycles. The molecule has 12 heteroatoms. The average molecular weight is 676 g/mol. The quantitative estimate of drug-likeness (QED) is 0.451. The van der Waals surface area contributed by atoms with Crippen molar-refractivity contribution in [3.8, 4) is 11.5 Å². The summed E-state index contributed by atoms with van der Waals surface area (Å²) in [5, 5.41) is 5.70. The highest BCUT2D eigenvalue weighted by Gasteiger charge is 2.43. The Morgan fingerprint density at radius 3 is 2.63 bits per heavy atom. The number of fused-ring (bicyclic) bond motifs is 6. The number of aromatic nitrogens is 1. The molecule has 0 radical (unpaired) electrons. The number of amides is 3. The number of benzene rings is 1. The van der Waals surface area contributed by atoms with Crippen molar-refractivity contribution >= 4 is 41.5 Å². The Balaban J connectivity index is 0.00000480. The summed E-state index contributed by atoms with van der Waals surface area (Å²) in [6, 6.07) is 3.88. The van der Waals surface area contributed by atoms with Crippen LogP contribution in [0.5, 0.6) is 11.5 Å². The number of halogens is 1. The Hall–Kier alpha value is -2.89. The average Bonchev–Trinajstić information content (AvgIpc) is 3.52. The standard InChI is InChI=1S/C34H49N5O5S.ClH/c1-21(2)13-26(35)33-37-27(20-45-33)34(42)38-17-23-15-25(19-38)28-8-5-9-30(40)36-12-6-7-24-14-22(10-11-31(41)39(28)18-23)16-29(43-3)32(24)44-4;/h14,16,20-21,23,25-26,28H,5-13,15,17-19,35H2,1-4H3,(H,36,40);1H/t23-,25+,26-,28-;/m0./s1. The molecule has 3 amide bonds. The normalized spacial score (nSPS) is 23.2. The number of carbonyl (C=O) groups excluding carboxylic acids is 3. The molecule has 4 atom stereocenters. The summed E-state index contributed by atoms with van der Waals surface area (Å²) in [6.07, 6.45) is 6.18. The molecular formula is C34H50ClN5O5S. The van der Waals surface area contributed by atoms with Crippen LogP contribution in [-0.2, 0) is 22.4 Å². The van der Waals surface area contributed by atoms with Gasteiger partial charge in [0.05, 0.1) is 20.3 Å². The maximum Gasteiger partial charge on any atom is 0.273 e. The molecule has 2 fully saturated rings. The van der Waals surface area contributed by atoms with Crippen LogP contribution in [0.3, 0.4) is 0 Å². The summed E-state index contributed by atoms with van der Waals surface area (Å²) >= 11 is 1.46. The van der Waals surface area contributed by atoms with Crippen LogP contribution in [0, 0.1) is 17.8 Å². The lowest BCUT2D eigenvalue weighted by Gasteiger charge is -2.51. The number of carbonyl (C=O) groups is 3. The zero-order valence-corrected chi connectivity index (χ0v) is 29.2. The number of piperidine rings is 2. The lowest BCUT2D eigenvalue weighted by Crippen LogP contribution is -2.60. The van der Waals surface area contributed by atoms with Gasteiger partial charge in [0.15, 0.2) is 11.5 Å². The molecule has 0 unspecified atom stereocenters. The maximum absolute atomic E-state index is 13.9. The molecule has 2 saturated heterocycles. The zero-order valence-electron chi connectivity index (χ0n) is 27.6. The van der Waals surface area contributed by atoms with Crippen LogP contribution in [0.15, 0.2) is 17.5 Å². The van der Waals surface area contributed by atoms with E-state index in [9.17, 15) is 14.4 Å². The molecule has 5 rings (SSSR count). The minimum absolute atomic E-state index is 0. The Labute approximate surface area is 283 Å². The predicted octanol–water partition coefficient (Wildman–Crippen LogP) is 4.78. The van der Waals surface area contributed by atoms with E-state index in [-0.39, 0.29) is 54.0 Å². The van der Waals surface area contributed by atoms with Gasteiger partial charge in [-0.25, -0.2) is 4.98 Å². The topological polar surface area (TPSA) is 127 Å². The first kappa shape index (κ1) is 36.0. The number of nitrogens with zero attached hydrogens (tertiary/aromatic N) is 3. The van der Waals surface area contributed by atoms with Crippen LogP contribution < -0.4 is 20.5 Å². The van der Waals surface area contributed by atoms with Gasteiger partial charge in [0, 0.05) is 50.4 Å². The van der Waals surface area contributed by atoms with Crippen LogP contribution in [0.1, 0.15) is 91.5 Å². The van der Waals surface area contributed by atoms with Crippen LogP contribution >= 0.6 is 23.7 Å². The van der Waals surface area contributed by atoms with Crippen molar-refractivity contribution in [3.63, 3.8) is 0 Å². The molecule has 3 N–H and O–H groups in total. The number of hydrogen-bond donors (Lipinski definition) is 2. The minimum atomic E-state index is -0.168. The number of nitrogens with two attached hydrogens (primary N) is 1. The smallest absolute Gasteiger partial charge is 0.273 e. The van der Waals surface area contributed by atoms with Crippen LogP contribution in [-0.4, -0.2) is 78.9 Å². The van der Waals surface area contributed by atoms with E-state index in [1.54, 1.807) is 14.2 Å². The highest BCUT2D eigenvalue weighted by molar-refractivity contribution is 7.09. The van der Waals surface area contributed by atoms with Gasteiger partial charge in [-0.15, -0.1) is 23.7 Å². The largest absolute Gasteiger partial charge is 0.493 e. The molecule has 10 nitrogen and oxygen atoms in total. The highest BCUT2D eigenvalue weighted by Crippen LogP contribution is 2.38. The fourth-order valence-electron chi connectivity index (χ4n) is 7.39. The van der Waals surface area contributed by atoms with Crippen LogP contribution in [0.25, 0.3) is 0 Å². The number of hydrogen-bond acceptors (Lipinski definition) is 8. The fraction of sp³-hybridized carbons (Fsp3) is 0.647. The molecule has 3 aliphatic rings. The molecule has 3 aliphatic heterocycles. The second-order valence-corrected chi connectivity index (χ2v) is 14.2. The van der Waals surface area contributed by atoms with Gasteiger partial charge in [0.1, 0.15) is 10.7 Å². The molecule has 1 aromatic carbocycles. The second-order valence-electron chi connectivity index (χ2n) is 13.3. The number of aryl methyl sites for hydroxylation is 2. The molecule has 1 aromatic heterocycles. The molecule has 0 aliphatic carbocycles. The SMILES string of the molecule is COc1cc2cc(c1OC)CCCNC(=O)CCC[C@H]1[C@@H]3C[C@@H](CN(C(=O)c4csc([C@@H](N)CC(C)C)n4)C3)CN1C(=O)CC2.Cl. The molecule has 4 bridgehead atoms. The maximum atomic E-state index is 13.9. The first-order valence-electron chi connectivity index (χ1n) is 16.5. The zero-order chi connectivity index (χ0) is 32.1. The van der Waals surface area contributed by atoms with Gasteiger partial charge in [0.2, 0.25) is 11.8 Å². The van der Waals surface area contributed by atoms with Gasteiger partial charge in [-0.1, -0.05) is 19.9 Å². The predicted molar refractivity (Wildman–Crippen MR) is 182 cm³/mol. The molecular weight excluding hydrogens is 626 g/mol. The molecule has 254 valence electrons. The van der Waals surface area contributed by atoms with E-state index in [0.717, 1.165) is 48.2 Å². The number of nitrogens with one attached hydrogen (secondary N) is 1. The third-order valence-corrected chi connectivity index (χ3v) is 10.4. The van der Waals surface area contributed by atoms with Gasteiger partial charge in [-0.2, -0.15) is 0 Å². The third kappa shape index (κ3) is 8.52. The third-order valence-electron chi connectivity index (χ3n) is 9.45. The number of methoxy groups -OCH3 is 2. The van der Waals surface area contributed by atoms with Crippen molar-refractivity contribution in [3.05, 3.63) is 39.3 Å². The van der Waals surface area contributed by atoms with Crippen molar-refractivity contribution in [2.75, 3.05) is 40.4 Å². The van der Waals surface area contributed by atoms with Crippen molar-refractivity contribution in [2.24, 2.45) is 23.5 Å². The monoisotopic (exact) mass is 675 g/mol. The number of ether oxygens (including phenoxy) is 2. The van der Waals surface area contributed by atoms with Gasteiger partial charge in [-0.3, -0.25) is 14.4 Å². The van der Waals surface area contributed by atoms with Crippen LogP contribution in [0.4, 0.5) is 0 Å². The van der Waals surface area contributed by atoms with Gasteiger partial charge in [-0.05, 0) is 79.9 Å². The fourth-order valence-corrected chi connectivity index (χ4v) is 8.20. The van der Waals surface area contributed by atoms with E-state index in [1.807, 2.05) is 16.3 Å². The van der Waals surface area contributed by atoms with E-state index >= 15 is 0 Å². The van der Waals surface area contributed by atoms with E-state index in [4.69, 9.17) is 15.2 Å². The Kier molecular flexibility index (Phi) is 12.7. The van der Waals surface area contributed by atoms with E-state index < -0.39 is 0 Å². The summed E-state index contributed by atoms with van der Waals surface area (Å²) < 4.78 is 11.3. The number of thiazole rings is 1. The Morgan fingerprint density at radius 1 is 1.09 bits per heavy atom.